The molecular weight excluding hydrogens is 304 g/mol. The van der Waals surface area contributed by atoms with E-state index >= 15 is 0 Å². The molecule has 0 aromatic heterocycles. The molecule has 2 rings (SSSR count). The van der Waals surface area contributed by atoms with Crippen LogP contribution in [0.15, 0.2) is 46.4 Å². The molecular formula is C23H30N2. The van der Waals surface area contributed by atoms with Gasteiger partial charge in [-0.1, -0.05) is 31.9 Å². The van der Waals surface area contributed by atoms with E-state index in [4.69, 9.17) is 4.99 Å². The van der Waals surface area contributed by atoms with Crippen LogP contribution in [0.2, 0.25) is 0 Å². The molecule has 2 nitrogen and oxygen atoms in total. The Balaban J connectivity index is 2.24. The molecule has 0 spiro atoms. The highest BCUT2D eigenvalue weighted by Crippen LogP contribution is 2.19. The third-order valence-corrected chi connectivity index (χ3v) is 4.65. The first kappa shape index (κ1) is 19.1. The molecule has 0 bridgehead atoms. The summed E-state index contributed by atoms with van der Waals surface area (Å²) in [5.74, 6) is 0. The summed E-state index contributed by atoms with van der Waals surface area (Å²) < 4.78 is 0. The van der Waals surface area contributed by atoms with Gasteiger partial charge in [-0.3, -0.25) is 9.98 Å². The Kier molecular flexibility index (Phi) is 7.12. The van der Waals surface area contributed by atoms with Gasteiger partial charge in [0.2, 0.25) is 0 Å². The fraction of sp³-hybridized carbons (Fsp3) is 0.391. The summed E-state index contributed by atoms with van der Waals surface area (Å²) in [6, 6.07) is 12.7. The van der Waals surface area contributed by atoms with Crippen LogP contribution in [0.3, 0.4) is 0 Å². The van der Waals surface area contributed by atoms with Crippen LogP contribution in [0.4, 0.5) is 11.4 Å². The van der Waals surface area contributed by atoms with E-state index in [1.165, 1.54) is 35.1 Å². The van der Waals surface area contributed by atoms with Gasteiger partial charge in [-0.15, -0.1) is 0 Å². The average Bonchev–Trinajstić information content (AvgIpc) is 2.59. The van der Waals surface area contributed by atoms with Crippen molar-refractivity contribution >= 4 is 23.3 Å². The van der Waals surface area contributed by atoms with Crippen molar-refractivity contribution in [2.24, 2.45) is 9.98 Å². The number of nitrogens with zero attached hydrogens (tertiary/aromatic N) is 2. The molecule has 0 fully saturated rings. The Hall–Kier alpha value is -2.22. The van der Waals surface area contributed by atoms with Crippen LogP contribution in [0.5, 0.6) is 0 Å². The zero-order valence-electron chi connectivity index (χ0n) is 16.3. The number of unbranched alkanes of at least 4 members (excludes halogenated alkanes) is 2. The zero-order valence-corrected chi connectivity index (χ0v) is 16.3. The van der Waals surface area contributed by atoms with E-state index in [-0.39, 0.29) is 0 Å². The molecule has 132 valence electrons. The lowest BCUT2D eigenvalue weighted by molar-refractivity contribution is 0.744. The number of aliphatic imine (C=N–C) groups is 2. The van der Waals surface area contributed by atoms with Gasteiger partial charge in [0, 0.05) is 6.21 Å². The normalized spacial score (nSPS) is 12.1. The Bertz CT molecular complexity index is 770. The molecule has 0 atom stereocenters. The number of aryl methyl sites for hydroxylation is 4. The van der Waals surface area contributed by atoms with Gasteiger partial charge in [0.1, 0.15) is 0 Å². The smallest absolute Gasteiger partial charge is 0.0636 e. The number of hydrogen-bond acceptors (Lipinski definition) is 2. The molecule has 0 heterocycles. The molecule has 25 heavy (non-hydrogen) atoms. The van der Waals surface area contributed by atoms with Gasteiger partial charge in [0.25, 0.3) is 0 Å². The van der Waals surface area contributed by atoms with Crippen molar-refractivity contribution in [1.82, 2.24) is 0 Å². The van der Waals surface area contributed by atoms with Gasteiger partial charge in [-0.05, 0) is 87.1 Å². The van der Waals surface area contributed by atoms with Crippen molar-refractivity contribution in [2.75, 3.05) is 0 Å². The molecule has 0 unspecified atom stereocenters. The quantitative estimate of drug-likeness (QED) is 0.385. The van der Waals surface area contributed by atoms with Crippen LogP contribution in [0.1, 0.15) is 54.9 Å². The van der Waals surface area contributed by atoms with Crippen molar-refractivity contribution in [3.8, 4) is 0 Å². The fourth-order valence-electron chi connectivity index (χ4n) is 2.62. The van der Waals surface area contributed by atoms with Crippen LogP contribution >= 0.6 is 0 Å². The standard InChI is InChI=1S/C23H30N2/c1-6-7-8-9-23(25-22-13-11-18(3)20(5)15-22)16-24-21-12-10-17(2)19(4)14-21/h10-16H,6-9H2,1-5H3. The van der Waals surface area contributed by atoms with Gasteiger partial charge in [-0.2, -0.15) is 0 Å². The molecule has 0 aliphatic heterocycles. The maximum atomic E-state index is 4.85. The Morgan fingerprint density at radius 3 is 2.00 bits per heavy atom. The highest BCUT2D eigenvalue weighted by Gasteiger charge is 2.01. The second-order valence-corrected chi connectivity index (χ2v) is 6.86. The SMILES string of the molecule is CCCCCC(C=Nc1ccc(C)c(C)c1)=Nc1ccc(C)c(C)c1. The van der Waals surface area contributed by atoms with Crippen molar-refractivity contribution in [2.45, 2.75) is 60.3 Å². The first-order valence-electron chi connectivity index (χ1n) is 9.25. The minimum absolute atomic E-state index is 0.967. The van der Waals surface area contributed by atoms with Crippen molar-refractivity contribution in [1.29, 1.82) is 0 Å². The third-order valence-electron chi connectivity index (χ3n) is 4.65. The topological polar surface area (TPSA) is 24.7 Å². The van der Waals surface area contributed by atoms with Crippen LogP contribution in [0, 0.1) is 27.7 Å². The van der Waals surface area contributed by atoms with Crippen LogP contribution in [0.25, 0.3) is 0 Å². The highest BCUT2D eigenvalue weighted by atomic mass is 14.8. The average molecular weight is 335 g/mol. The summed E-state index contributed by atoms with van der Waals surface area (Å²) in [6.45, 7) is 10.7. The minimum atomic E-state index is 0.967. The molecule has 2 aromatic carbocycles. The van der Waals surface area contributed by atoms with E-state index in [9.17, 15) is 0 Å². The van der Waals surface area contributed by atoms with E-state index in [1.54, 1.807) is 0 Å². The Morgan fingerprint density at radius 1 is 0.800 bits per heavy atom. The lowest BCUT2D eigenvalue weighted by atomic mass is 10.1. The molecule has 0 aliphatic rings. The molecule has 2 heteroatoms. The molecule has 0 saturated carbocycles. The first-order chi connectivity index (χ1) is 12.0. The van der Waals surface area contributed by atoms with Crippen molar-refractivity contribution < 1.29 is 0 Å². The van der Waals surface area contributed by atoms with E-state index < -0.39 is 0 Å². The van der Waals surface area contributed by atoms with Crippen molar-refractivity contribution in [3.63, 3.8) is 0 Å². The van der Waals surface area contributed by atoms with Gasteiger partial charge in [0.05, 0.1) is 17.1 Å². The minimum Gasteiger partial charge on any atom is -0.255 e. The highest BCUT2D eigenvalue weighted by molar-refractivity contribution is 6.31. The monoisotopic (exact) mass is 334 g/mol. The molecule has 0 radical (unpaired) electrons. The number of benzene rings is 2. The lowest BCUT2D eigenvalue weighted by Gasteiger charge is -2.05. The fourth-order valence-corrected chi connectivity index (χ4v) is 2.62. The molecule has 2 aromatic rings. The summed E-state index contributed by atoms with van der Waals surface area (Å²) in [4.78, 5) is 9.52. The Morgan fingerprint density at radius 2 is 1.40 bits per heavy atom. The second kappa shape index (κ2) is 9.31. The molecule has 0 N–H and O–H groups in total. The van der Waals surface area contributed by atoms with E-state index in [0.29, 0.717) is 0 Å². The largest absolute Gasteiger partial charge is 0.255 e. The van der Waals surface area contributed by atoms with Gasteiger partial charge >= 0.3 is 0 Å². The molecule has 0 saturated heterocycles. The summed E-state index contributed by atoms with van der Waals surface area (Å²) in [5, 5.41) is 0. The summed E-state index contributed by atoms with van der Waals surface area (Å²) in [5.41, 5.74) is 8.21. The number of rotatable bonds is 7. The summed E-state index contributed by atoms with van der Waals surface area (Å²) >= 11 is 0. The Labute approximate surface area is 152 Å². The summed E-state index contributed by atoms with van der Waals surface area (Å²) in [6.07, 6.45) is 6.50. The van der Waals surface area contributed by atoms with E-state index in [1.807, 2.05) is 6.21 Å². The summed E-state index contributed by atoms with van der Waals surface area (Å²) in [7, 11) is 0. The van der Waals surface area contributed by atoms with Gasteiger partial charge < -0.3 is 0 Å². The second-order valence-electron chi connectivity index (χ2n) is 6.86. The van der Waals surface area contributed by atoms with E-state index in [0.717, 1.165) is 29.9 Å². The maximum absolute atomic E-state index is 4.85. The zero-order chi connectivity index (χ0) is 18.2. The molecule has 0 amide bonds. The lowest BCUT2D eigenvalue weighted by Crippen LogP contribution is -2.00. The molecule has 0 aliphatic carbocycles. The third kappa shape index (κ3) is 5.97. The maximum Gasteiger partial charge on any atom is 0.0636 e. The van der Waals surface area contributed by atoms with Crippen LogP contribution in [-0.4, -0.2) is 11.9 Å². The predicted octanol–water partition coefficient (Wildman–Crippen LogP) is 6.98. The van der Waals surface area contributed by atoms with E-state index in [2.05, 4.69) is 76.0 Å². The van der Waals surface area contributed by atoms with Crippen LogP contribution < -0.4 is 0 Å². The van der Waals surface area contributed by atoms with Crippen molar-refractivity contribution in [3.05, 3.63) is 58.7 Å². The van der Waals surface area contributed by atoms with Crippen LogP contribution in [-0.2, 0) is 0 Å². The number of hydrogen-bond donors (Lipinski definition) is 0. The first-order valence-corrected chi connectivity index (χ1v) is 9.25. The predicted molar refractivity (Wildman–Crippen MR) is 111 cm³/mol. The van der Waals surface area contributed by atoms with Gasteiger partial charge in [0.15, 0.2) is 0 Å². The van der Waals surface area contributed by atoms with Gasteiger partial charge in [-0.25, -0.2) is 0 Å².